The summed E-state index contributed by atoms with van der Waals surface area (Å²) in [5, 5.41) is 0. The molecular weight excluding hydrogens is 814 g/mol. The highest BCUT2D eigenvalue weighted by atomic mass is 79.9. The number of ether oxygens (including phenoxy) is 2. The van der Waals surface area contributed by atoms with Crippen molar-refractivity contribution in [1.29, 1.82) is 0 Å². The molecule has 2 aliphatic rings. The number of hydrogen-bond donors (Lipinski definition) is 0. The maximum Gasteiger partial charge on any atom is 0.417 e. The van der Waals surface area contributed by atoms with Crippen LogP contribution in [0.1, 0.15) is 71.9 Å². The Morgan fingerprint density at radius 3 is 1.25 bits per heavy atom. The van der Waals surface area contributed by atoms with Crippen LogP contribution in [0.25, 0.3) is 11.1 Å². The van der Waals surface area contributed by atoms with Gasteiger partial charge in [0, 0.05) is 24.2 Å². The lowest BCUT2D eigenvalue weighted by Crippen LogP contribution is -2.29. The van der Waals surface area contributed by atoms with Crippen LogP contribution >= 0.6 is 31.9 Å². The van der Waals surface area contributed by atoms with Gasteiger partial charge in [0.25, 0.3) is 0 Å². The van der Waals surface area contributed by atoms with Crippen molar-refractivity contribution in [2.45, 2.75) is 77.2 Å². The van der Waals surface area contributed by atoms with Crippen LogP contribution in [-0.4, -0.2) is 36.0 Å². The van der Waals surface area contributed by atoms with Crippen LogP contribution in [0.2, 0.25) is 0 Å². The third kappa shape index (κ3) is 9.72. The van der Waals surface area contributed by atoms with Crippen molar-refractivity contribution < 1.29 is 35.8 Å². The van der Waals surface area contributed by atoms with Gasteiger partial charge in [-0.1, -0.05) is 61.4 Å². The molecule has 0 unspecified atom stereocenters. The number of halogens is 8. The molecule has 4 nitrogen and oxygen atoms in total. The molecule has 2 saturated heterocycles. The summed E-state index contributed by atoms with van der Waals surface area (Å²) in [5.41, 5.74) is -1.99. The zero-order valence-electron chi connectivity index (χ0n) is 28.6. The van der Waals surface area contributed by atoms with E-state index in [0.717, 1.165) is 88.2 Å². The molecule has 0 atom stereocenters. The van der Waals surface area contributed by atoms with Gasteiger partial charge < -0.3 is 9.47 Å². The van der Waals surface area contributed by atoms with E-state index in [2.05, 4.69) is 41.7 Å². The van der Waals surface area contributed by atoms with Gasteiger partial charge in [-0.2, -0.15) is 26.3 Å². The first-order chi connectivity index (χ1) is 24.9. The Morgan fingerprint density at radius 1 is 0.519 bits per heavy atom. The zero-order valence-corrected chi connectivity index (χ0v) is 31.7. The molecule has 0 amide bonds. The van der Waals surface area contributed by atoms with Crippen LogP contribution in [0.3, 0.4) is 0 Å². The summed E-state index contributed by atoms with van der Waals surface area (Å²) in [5.74, 6) is 0.670. The van der Waals surface area contributed by atoms with Gasteiger partial charge in [0.15, 0.2) is 0 Å². The quantitative estimate of drug-likeness (QED) is 0.140. The molecule has 0 bridgehead atoms. The molecule has 4 aromatic rings. The fourth-order valence-corrected chi connectivity index (χ4v) is 8.22. The first-order valence-corrected chi connectivity index (χ1v) is 19.1. The highest BCUT2D eigenvalue weighted by molar-refractivity contribution is 9.10. The normalized spacial score (nSPS) is 16.2. The summed E-state index contributed by atoms with van der Waals surface area (Å²) < 4.78 is 102. The molecule has 12 heteroatoms. The second-order valence-corrected chi connectivity index (χ2v) is 15.2. The molecule has 0 saturated carbocycles. The standard InChI is InChI=1S/C40H40Br2F6N2O2/c41-33-21-27(23-49-17-3-1-4-18-49)13-15-35(33)51-25-29-9-7-11-31(37(29)39(43,44)45)32-12-8-10-30(38(32)40(46,47)48)26-52-36-16-14-28(22-34(36)42)24-50-19-5-2-6-20-50/h7-16,21-22H,1-6,17-20,23-26H2. The molecule has 6 rings (SSSR count). The highest BCUT2D eigenvalue weighted by Crippen LogP contribution is 2.46. The maximum absolute atomic E-state index is 14.8. The van der Waals surface area contributed by atoms with Gasteiger partial charge in [-0.15, -0.1) is 0 Å². The number of hydrogen-bond acceptors (Lipinski definition) is 4. The Kier molecular flexibility index (Phi) is 12.6. The summed E-state index contributed by atoms with van der Waals surface area (Å²) >= 11 is 6.97. The Morgan fingerprint density at radius 2 is 0.904 bits per heavy atom. The van der Waals surface area contributed by atoms with E-state index < -0.39 is 47.8 Å². The van der Waals surface area contributed by atoms with Gasteiger partial charge in [0.1, 0.15) is 24.7 Å². The first kappa shape index (κ1) is 38.7. The van der Waals surface area contributed by atoms with Crippen LogP contribution in [0, 0.1) is 0 Å². The predicted molar refractivity (Wildman–Crippen MR) is 197 cm³/mol. The average molecular weight is 855 g/mol. The van der Waals surface area contributed by atoms with E-state index in [9.17, 15) is 26.3 Å². The molecule has 0 aromatic heterocycles. The van der Waals surface area contributed by atoms with Crippen LogP contribution in [0.4, 0.5) is 26.3 Å². The third-order valence-corrected chi connectivity index (χ3v) is 10.9. The summed E-state index contributed by atoms with van der Waals surface area (Å²) in [6.07, 6.45) is -2.90. The number of alkyl halides is 6. The molecule has 0 radical (unpaired) electrons. The second kappa shape index (κ2) is 17.0. The van der Waals surface area contributed by atoms with Gasteiger partial charge in [-0.25, -0.2) is 0 Å². The summed E-state index contributed by atoms with van der Waals surface area (Å²) in [6, 6.07) is 18.2. The van der Waals surface area contributed by atoms with Gasteiger partial charge in [0.2, 0.25) is 0 Å². The molecular formula is C40H40Br2F6N2O2. The molecule has 52 heavy (non-hydrogen) atoms. The van der Waals surface area contributed by atoms with Gasteiger partial charge in [0.05, 0.1) is 20.1 Å². The number of nitrogens with zero attached hydrogens (tertiary/aromatic N) is 2. The molecule has 0 aliphatic carbocycles. The minimum Gasteiger partial charge on any atom is -0.488 e. The monoisotopic (exact) mass is 852 g/mol. The molecule has 2 fully saturated rings. The van der Waals surface area contributed by atoms with Crippen molar-refractivity contribution in [3.8, 4) is 22.6 Å². The van der Waals surface area contributed by atoms with Gasteiger partial charge in [-0.05, 0) is 130 Å². The van der Waals surface area contributed by atoms with E-state index in [1.807, 2.05) is 24.3 Å². The van der Waals surface area contributed by atoms with E-state index in [1.165, 1.54) is 37.1 Å². The van der Waals surface area contributed by atoms with Crippen molar-refractivity contribution in [2.24, 2.45) is 0 Å². The SMILES string of the molecule is FC(F)(F)c1c(COc2ccc(CN3CCCCC3)cc2Br)cccc1-c1cccc(COc2ccc(CN3CCCCC3)cc2Br)c1C(F)(F)F. The molecule has 0 spiro atoms. The Hall–Kier alpha value is -3.06. The Bertz CT molecular complexity index is 1700. The van der Waals surface area contributed by atoms with E-state index in [1.54, 1.807) is 12.1 Å². The van der Waals surface area contributed by atoms with E-state index in [0.29, 0.717) is 20.4 Å². The van der Waals surface area contributed by atoms with E-state index in [-0.39, 0.29) is 11.1 Å². The molecule has 2 aliphatic heterocycles. The van der Waals surface area contributed by atoms with Crippen molar-refractivity contribution in [3.05, 3.63) is 115 Å². The lowest BCUT2D eigenvalue weighted by molar-refractivity contribution is -0.140. The lowest BCUT2D eigenvalue weighted by atomic mass is 9.89. The van der Waals surface area contributed by atoms with Crippen LogP contribution in [-0.2, 0) is 38.7 Å². The number of likely N-dealkylation sites (tertiary alicyclic amines) is 2. The summed E-state index contributed by atoms with van der Waals surface area (Å²) in [7, 11) is 0. The summed E-state index contributed by atoms with van der Waals surface area (Å²) in [4.78, 5) is 4.71. The molecule has 0 N–H and O–H groups in total. The largest absolute Gasteiger partial charge is 0.488 e. The Balaban J connectivity index is 1.24. The first-order valence-electron chi connectivity index (χ1n) is 17.5. The van der Waals surface area contributed by atoms with Crippen molar-refractivity contribution >= 4 is 31.9 Å². The maximum atomic E-state index is 14.8. The van der Waals surface area contributed by atoms with Crippen LogP contribution in [0.15, 0.2) is 81.7 Å². The average Bonchev–Trinajstić information content (AvgIpc) is 3.10. The van der Waals surface area contributed by atoms with Gasteiger partial charge in [-0.3, -0.25) is 9.80 Å². The number of piperidine rings is 2. The fraction of sp³-hybridized carbons (Fsp3) is 0.400. The minimum absolute atomic E-state index is 0.280. The Labute approximate surface area is 317 Å². The second-order valence-electron chi connectivity index (χ2n) is 13.5. The van der Waals surface area contributed by atoms with Crippen molar-refractivity contribution in [2.75, 3.05) is 26.2 Å². The lowest BCUT2D eigenvalue weighted by Gasteiger charge is -2.26. The fourth-order valence-electron chi connectivity index (χ4n) is 7.14. The highest BCUT2D eigenvalue weighted by Gasteiger charge is 2.41. The smallest absolute Gasteiger partial charge is 0.417 e. The topological polar surface area (TPSA) is 24.9 Å². The van der Waals surface area contributed by atoms with Crippen LogP contribution in [0.5, 0.6) is 11.5 Å². The third-order valence-electron chi connectivity index (χ3n) is 9.63. The van der Waals surface area contributed by atoms with Gasteiger partial charge >= 0.3 is 12.4 Å². The van der Waals surface area contributed by atoms with E-state index >= 15 is 0 Å². The molecule has 4 aromatic carbocycles. The summed E-state index contributed by atoms with van der Waals surface area (Å²) in [6.45, 7) is 4.58. The van der Waals surface area contributed by atoms with Crippen LogP contribution < -0.4 is 9.47 Å². The minimum atomic E-state index is -4.97. The molecule has 278 valence electrons. The van der Waals surface area contributed by atoms with Crippen molar-refractivity contribution in [3.63, 3.8) is 0 Å². The number of benzene rings is 4. The van der Waals surface area contributed by atoms with E-state index in [4.69, 9.17) is 9.47 Å². The van der Waals surface area contributed by atoms with Crippen molar-refractivity contribution in [1.82, 2.24) is 9.80 Å². The zero-order chi connectivity index (χ0) is 36.9. The molecule has 2 heterocycles. The predicted octanol–water partition coefficient (Wildman–Crippen LogP) is 12.0. The number of rotatable bonds is 11.